The predicted octanol–water partition coefficient (Wildman–Crippen LogP) is -0.612. The minimum absolute atomic E-state index is 0.0208. The van der Waals surface area contributed by atoms with Gasteiger partial charge in [0, 0.05) is 75.4 Å². The van der Waals surface area contributed by atoms with E-state index in [0.29, 0.717) is 46.0 Å². The quantitative estimate of drug-likeness (QED) is 0.00995. The summed E-state index contributed by atoms with van der Waals surface area (Å²) >= 11 is 0. The van der Waals surface area contributed by atoms with Gasteiger partial charge in [-0.25, -0.2) is 9.37 Å². The number of rotatable bonds is 38. The molecule has 1 aliphatic rings. The SMILES string of the molecule is CC(=O)N[C@@H](Cc1ccccc1)C(=O)N[C@@H](CCCNC(=N)N)C(=O)N[C@@H](CCCNC(=N)N)C(=O)N[C@@H](CCCCN)C(=O)N[C@@H](C)C(=O)N[C@@H](Cc1ccc(F)cc1)C(=O)N[C@H]1CCC/C=C\CCC[C@@H](C(=O)NCC(=O)O)NC(=O)[C@H](Cc2ccc(O)cc2)NC(=O)[C@H](Cc2c[nH]c3ccccc23)NC(=O)[C@H](Cc2c[nH]cn2)NC1=O. The number of aromatic hydroxyl groups is 1. The molecule has 7 rings (SSSR count). The number of amides is 12. The van der Waals surface area contributed by atoms with Crippen LogP contribution in [0.25, 0.3) is 10.9 Å². The Morgan fingerprint density at radius 3 is 1.65 bits per heavy atom. The lowest BCUT2D eigenvalue weighted by molar-refractivity contribution is -0.138. The topological polar surface area (TPSA) is 601 Å². The highest BCUT2D eigenvalue weighted by Crippen LogP contribution is 2.22. The minimum atomic E-state index is -1.60. The number of benzene rings is 4. The smallest absolute Gasteiger partial charge is 0.322 e. The molecule has 4 aromatic carbocycles. The number of aromatic nitrogens is 3. The molecule has 0 spiro atoms. The molecule has 12 amide bonds. The number of imidazole rings is 1. The number of aliphatic carboxylic acids is 1. The molecule has 38 heteroatoms. The number of nitrogens with two attached hydrogens (primary N) is 3. The standard InChI is InChI=1S/C81H109FN22O15/c1-47(94-71(111)59(24-14-15-35-83)97-72(112)61(25-16-36-89-80(84)85)98-73(113)62(26-17-37-90-81(86)87)100-75(115)63(95-48(2)105)38-49-18-8-7-9-19-49)69(109)101-64(39-50-27-31-53(82)32-28-50)76(116)99-60-23-11-6-4-3-5-10-22-58(70(110)92-45-68(107)108)96-77(117)65(40-51-29-33-55(106)34-30-51)102-78(118)66(41-52-43-91-57-21-13-12-20-56(52)57)103-79(119)67(104-74(60)114)42-54-44-88-46-93-54/h3-4,7-9,12-13,18-21,27-34,43-44,46-47,58-67,91,106H,5-6,10-11,14-17,22-26,35-42,45,83H2,1-2H3,(H,88,93)(H,92,110)(H,94,111)(H,95,105)(H,96,117)(H,97,112)(H,98,113)(H,99,116)(H,100,115)(H,101,109)(H,102,118)(H,103,119)(H,104,114)(H,107,108)(H4,84,85,89)(H4,86,87,90)/b4-3-/t47-,58-,59-,60-,61-,62-,63-,64-,65-,66-,67-/m0/s1. The number of hydrogen-bond donors (Lipinski definition) is 23. The Kier molecular flexibility index (Phi) is 37.7. The van der Waals surface area contributed by atoms with Crippen molar-refractivity contribution in [1.82, 2.24) is 89.4 Å². The molecule has 0 bridgehead atoms. The number of carbonyl (C=O) groups excluding carboxylic acids is 12. The summed E-state index contributed by atoms with van der Waals surface area (Å²) in [4.78, 5) is 196. The number of halogens is 1. The Balaban J connectivity index is 1.17. The molecule has 37 nitrogen and oxygen atoms in total. The number of nitrogens with zero attached hydrogens (tertiary/aromatic N) is 1. The van der Waals surface area contributed by atoms with Crippen molar-refractivity contribution in [1.29, 1.82) is 10.8 Å². The van der Waals surface area contributed by atoms with E-state index >= 15 is 19.2 Å². The number of unbranched alkanes of at least 4 members (excludes halogenated alkanes) is 1. The number of guanidine groups is 2. The van der Waals surface area contributed by atoms with E-state index in [-0.39, 0.29) is 146 Å². The second-order valence-electron chi connectivity index (χ2n) is 28.9. The average molecular weight is 1650 g/mol. The Hall–Kier alpha value is -13.3. The van der Waals surface area contributed by atoms with Crippen LogP contribution in [0.4, 0.5) is 4.39 Å². The number of carboxylic acid groups (broad SMARTS) is 1. The van der Waals surface area contributed by atoms with E-state index in [1.54, 1.807) is 72.9 Å². The van der Waals surface area contributed by atoms with Crippen LogP contribution in [-0.2, 0) is 94.4 Å². The molecule has 3 heterocycles. The maximum Gasteiger partial charge on any atom is 0.322 e. The van der Waals surface area contributed by atoms with E-state index in [1.807, 2.05) is 0 Å². The Labute approximate surface area is 686 Å². The van der Waals surface area contributed by atoms with Crippen LogP contribution in [0.5, 0.6) is 5.75 Å². The summed E-state index contributed by atoms with van der Waals surface area (Å²) in [6.07, 6.45) is 8.44. The fraction of sp³-hybridized carbons (Fsp3) is 0.432. The van der Waals surface area contributed by atoms with Crippen molar-refractivity contribution in [2.75, 3.05) is 26.2 Å². The van der Waals surface area contributed by atoms with E-state index in [4.69, 9.17) is 28.0 Å². The number of H-pyrrole nitrogens is 2. The molecule has 26 N–H and O–H groups in total. The number of allylic oxidation sites excluding steroid dienone is 2. The van der Waals surface area contributed by atoms with Crippen LogP contribution in [-0.4, -0.2) is 207 Å². The zero-order valence-electron chi connectivity index (χ0n) is 66.4. The van der Waals surface area contributed by atoms with Gasteiger partial charge in [-0.1, -0.05) is 84.9 Å². The van der Waals surface area contributed by atoms with Gasteiger partial charge in [-0.15, -0.1) is 0 Å². The number of carboxylic acids is 1. The van der Waals surface area contributed by atoms with Crippen LogP contribution in [0.3, 0.4) is 0 Å². The molecule has 1 aliphatic heterocycles. The van der Waals surface area contributed by atoms with Crippen LogP contribution >= 0.6 is 0 Å². The van der Waals surface area contributed by atoms with Gasteiger partial charge >= 0.3 is 5.97 Å². The van der Waals surface area contributed by atoms with Crippen molar-refractivity contribution in [2.45, 2.75) is 196 Å². The summed E-state index contributed by atoms with van der Waals surface area (Å²) in [6.45, 7) is 2.07. The second-order valence-corrected chi connectivity index (χ2v) is 28.9. The summed E-state index contributed by atoms with van der Waals surface area (Å²) in [7, 11) is 0. The highest BCUT2D eigenvalue weighted by atomic mass is 19.1. The number of nitrogens with one attached hydrogen (secondary N) is 18. The number of para-hydroxylation sites is 1. The predicted molar refractivity (Wildman–Crippen MR) is 438 cm³/mol. The summed E-state index contributed by atoms with van der Waals surface area (Å²) in [6, 6.07) is 10.7. The zero-order valence-corrected chi connectivity index (χ0v) is 66.4. The van der Waals surface area contributed by atoms with Crippen LogP contribution < -0.4 is 91.6 Å². The van der Waals surface area contributed by atoms with E-state index in [1.165, 1.54) is 62.8 Å². The summed E-state index contributed by atoms with van der Waals surface area (Å²) < 4.78 is 14.6. The molecule has 0 unspecified atom stereocenters. The number of hydrogen-bond acceptors (Lipinski definition) is 18. The molecule has 0 aliphatic carbocycles. The van der Waals surface area contributed by atoms with Gasteiger partial charge < -0.3 is 112 Å². The molecule has 0 radical (unpaired) electrons. The Morgan fingerprint density at radius 1 is 0.555 bits per heavy atom. The molecule has 119 heavy (non-hydrogen) atoms. The number of phenols is 1. The molecule has 0 fully saturated rings. The fourth-order valence-corrected chi connectivity index (χ4v) is 13.1. The van der Waals surface area contributed by atoms with Crippen molar-refractivity contribution in [3.05, 3.63) is 168 Å². The third-order valence-corrected chi connectivity index (χ3v) is 19.4. The van der Waals surface area contributed by atoms with Gasteiger partial charge in [0.1, 0.15) is 84.6 Å². The van der Waals surface area contributed by atoms with Crippen LogP contribution in [0.2, 0.25) is 0 Å². The highest BCUT2D eigenvalue weighted by molar-refractivity contribution is 6.00. The van der Waals surface area contributed by atoms with E-state index < -0.39 is 156 Å². The third-order valence-electron chi connectivity index (χ3n) is 19.4. The lowest BCUT2D eigenvalue weighted by Gasteiger charge is -2.28. The van der Waals surface area contributed by atoms with Gasteiger partial charge in [-0.3, -0.25) is 73.1 Å². The summed E-state index contributed by atoms with van der Waals surface area (Å²) in [5, 5.41) is 73.0. The first kappa shape index (κ1) is 92.9. The summed E-state index contributed by atoms with van der Waals surface area (Å²) in [5.41, 5.74) is 19.9. The first-order valence-electron chi connectivity index (χ1n) is 39.4. The fourth-order valence-electron chi connectivity index (χ4n) is 13.1. The first-order valence-corrected chi connectivity index (χ1v) is 39.4. The zero-order chi connectivity index (χ0) is 86.3. The van der Waals surface area contributed by atoms with Crippen LogP contribution in [0, 0.1) is 16.6 Å². The van der Waals surface area contributed by atoms with Gasteiger partial charge in [-0.2, -0.15) is 0 Å². The minimum Gasteiger partial charge on any atom is -0.508 e. The van der Waals surface area contributed by atoms with Gasteiger partial charge in [0.15, 0.2) is 11.9 Å². The highest BCUT2D eigenvalue weighted by Gasteiger charge is 2.38. The molecule has 2 aromatic heterocycles. The molecular weight excluding hydrogens is 1540 g/mol. The normalized spacial score (nSPS) is 18.0. The first-order chi connectivity index (χ1) is 57.0. The number of aromatic amines is 2. The molecule has 640 valence electrons. The monoisotopic (exact) mass is 1650 g/mol. The lowest BCUT2D eigenvalue weighted by Crippen LogP contribution is -2.61. The number of carbonyl (C=O) groups is 13. The Bertz CT molecular complexity index is 4460. The van der Waals surface area contributed by atoms with Gasteiger partial charge in [0.2, 0.25) is 70.9 Å². The average Bonchev–Trinajstić information content (AvgIpc) is 1.57. The van der Waals surface area contributed by atoms with E-state index in [2.05, 4.69) is 89.4 Å². The molecule has 0 saturated carbocycles. The molecule has 11 atom stereocenters. The van der Waals surface area contributed by atoms with Crippen molar-refractivity contribution >= 4 is 99.7 Å². The van der Waals surface area contributed by atoms with Crippen molar-refractivity contribution in [3.63, 3.8) is 0 Å². The van der Waals surface area contributed by atoms with Gasteiger partial charge in [-0.05, 0) is 150 Å². The van der Waals surface area contributed by atoms with E-state index in [9.17, 15) is 57.8 Å². The maximum atomic E-state index is 15.2. The lowest BCUT2D eigenvalue weighted by atomic mass is 10.0. The second kappa shape index (κ2) is 48.3. The van der Waals surface area contributed by atoms with Crippen molar-refractivity contribution in [2.24, 2.45) is 17.2 Å². The number of phenolic OH excluding ortho intramolecular Hbond substituents is 1. The van der Waals surface area contributed by atoms with E-state index in [0.717, 1.165) is 12.1 Å². The van der Waals surface area contributed by atoms with Crippen molar-refractivity contribution in [3.8, 4) is 5.75 Å². The summed E-state index contributed by atoms with van der Waals surface area (Å²) in [5.74, 6) is -13.1. The molecular formula is C81H109FN22O15. The molecule has 0 saturated heterocycles. The largest absolute Gasteiger partial charge is 0.508 e. The third kappa shape index (κ3) is 32.4. The number of fused-ring (bicyclic) bond motifs is 1. The molecule has 6 aromatic rings. The van der Waals surface area contributed by atoms with Crippen LogP contribution in [0.1, 0.15) is 125 Å². The van der Waals surface area contributed by atoms with Crippen LogP contribution in [0.15, 0.2) is 134 Å². The van der Waals surface area contributed by atoms with Gasteiger partial charge in [0.05, 0.1) is 12.0 Å². The maximum absolute atomic E-state index is 15.2. The Morgan fingerprint density at radius 2 is 1.07 bits per heavy atom. The van der Waals surface area contributed by atoms with Crippen molar-refractivity contribution < 1.29 is 76.9 Å². The van der Waals surface area contributed by atoms with Gasteiger partial charge in [0.25, 0.3) is 0 Å².